The topological polar surface area (TPSA) is 55.1 Å². The number of carbonyl (C=O) groups excluding carboxylic acids is 1. The predicted molar refractivity (Wildman–Crippen MR) is 63.5 cm³/mol. The van der Waals surface area contributed by atoms with E-state index in [2.05, 4.69) is 10.3 Å². The highest BCUT2D eigenvalue weighted by atomic mass is 19.1. The number of halogens is 1. The van der Waals surface area contributed by atoms with Gasteiger partial charge in [-0.15, -0.1) is 0 Å². The molecule has 1 unspecified atom stereocenters. The molecule has 2 aromatic rings. The number of carbonyl (C=O) groups is 1. The summed E-state index contributed by atoms with van der Waals surface area (Å²) in [5.41, 5.74) is -0.0277. The van der Waals surface area contributed by atoms with Crippen molar-refractivity contribution < 1.29 is 13.6 Å². The number of nitrogens with one attached hydrogen (secondary N) is 1. The lowest BCUT2D eigenvalue weighted by atomic mass is 10.2. The smallest absolute Gasteiger partial charge is 0.254 e. The van der Waals surface area contributed by atoms with Gasteiger partial charge in [0, 0.05) is 6.20 Å². The van der Waals surface area contributed by atoms with Crippen LogP contribution in [0.25, 0.3) is 0 Å². The van der Waals surface area contributed by atoms with Gasteiger partial charge < -0.3 is 9.73 Å². The normalized spacial score (nSPS) is 12.2. The van der Waals surface area contributed by atoms with E-state index in [-0.39, 0.29) is 11.6 Å². The van der Waals surface area contributed by atoms with Crippen LogP contribution in [0.15, 0.2) is 35.0 Å². The Balaban J connectivity index is 2.10. The quantitative estimate of drug-likeness (QED) is 0.908. The van der Waals surface area contributed by atoms with E-state index in [0.717, 1.165) is 12.0 Å². The van der Waals surface area contributed by atoms with E-state index >= 15 is 0 Å². The fourth-order valence-electron chi connectivity index (χ4n) is 1.59. The summed E-state index contributed by atoms with van der Waals surface area (Å²) in [6.07, 6.45) is 2.39. The monoisotopic (exact) mass is 248 g/mol. The molecular formula is C13H13FN2O2. The summed E-state index contributed by atoms with van der Waals surface area (Å²) in [5, 5.41) is 2.67. The summed E-state index contributed by atoms with van der Waals surface area (Å²) in [5.74, 6) is 0.269. The number of hydrogen-bond donors (Lipinski definition) is 1. The molecule has 1 amide bonds. The van der Waals surface area contributed by atoms with Gasteiger partial charge in [-0.25, -0.2) is 4.39 Å². The molecule has 0 fully saturated rings. The van der Waals surface area contributed by atoms with Crippen molar-refractivity contribution in [1.29, 1.82) is 0 Å². The zero-order chi connectivity index (χ0) is 13.1. The van der Waals surface area contributed by atoms with Gasteiger partial charge in [0.25, 0.3) is 5.91 Å². The van der Waals surface area contributed by atoms with Crippen LogP contribution in [0.5, 0.6) is 0 Å². The molecule has 0 saturated carbocycles. The Kier molecular flexibility index (Phi) is 3.41. The van der Waals surface area contributed by atoms with Crippen LogP contribution in [0.2, 0.25) is 0 Å². The largest absolute Gasteiger partial charge is 0.464 e. The second kappa shape index (κ2) is 5.00. The van der Waals surface area contributed by atoms with Gasteiger partial charge in [0.1, 0.15) is 11.5 Å². The van der Waals surface area contributed by atoms with Gasteiger partial charge in [0.2, 0.25) is 0 Å². The molecule has 94 valence electrons. The van der Waals surface area contributed by atoms with Crippen LogP contribution < -0.4 is 5.32 Å². The molecule has 0 radical (unpaired) electrons. The van der Waals surface area contributed by atoms with E-state index in [1.54, 1.807) is 13.0 Å². The average Bonchev–Trinajstić information content (AvgIpc) is 2.76. The minimum Gasteiger partial charge on any atom is -0.464 e. The highest BCUT2D eigenvalue weighted by Crippen LogP contribution is 2.16. The molecule has 4 nitrogen and oxygen atoms in total. The van der Waals surface area contributed by atoms with Crippen LogP contribution >= 0.6 is 0 Å². The summed E-state index contributed by atoms with van der Waals surface area (Å²) >= 11 is 0. The van der Waals surface area contributed by atoms with E-state index in [4.69, 9.17) is 4.42 Å². The Morgan fingerprint density at radius 1 is 1.44 bits per heavy atom. The third-order valence-corrected chi connectivity index (χ3v) is 2.55. The number of aromatic nitrogens is 1. The first-order chi connectivity index (χ1) is 8.58. The van der Waals surface area contributed by atoms with Crippen molar-refractivity contribution in [3.63, 3.8) is 0 Å². The Hall–Kier alpha value is -2.17. The van der Waals surface area contributed by atoms with Gasteiger partial charge in [-0.2, -0.15) is 0 Å². The SMILES string of the molecule is Cc1ccc(C(C)NC(=O)c2ccncc2F)o1. The van der Waals surface area contributed by atoms with Gasteiger partial charge in [-0.3, -0.25) is 9.78 Å². The molecule has 0 aliphatic carbocycles. The zero-order valence-electron chi connectivity index (χ0n) is 10.1. The molecule has 5 heteroatoms. The number of hydrogen-bond acceptors (Lipinski definition) is 3. The predicted octanol–water partition coefficient (Wildman–Crippen LogP) is 2.61. The van der Waals surface area contributed by atoms with Crippen molar-refractivity contribution in [3.05, 3.63) is 53.5 Å². The zero-order valence-corrected chi connectivity index (χ0v) is 10.1. The van der Waals surface area contributed by atoms with E-state index < -0.39 is 11.7 Å². The number of aryl methyl sites for hydroxylation is 1. The number of pyridine rings is 1. The van der Waals surface area contributed by atoms with Crippen molar-refractivity contribution in [3.8, 4) is 0 Å². The van der Waals surface area contributed by atoms with Crippen LogP contribution in [0.4, 0.5) is 4.39 Å². The lowest BCUT2D eigenvalue weighted by Crippen LogP contribution is -2.27. The molecule has 2 aromatic heterocycles. The molecule has 18 heavy (non-hydrogen) atoms. The average molecular weight is 248 g/mol. The molecule has 0 spiro atoms. The molecule has 2 heterocycles. The molecule has 2 rings (SSSR count). The van der Waals surface area contributed by atoms with Crippen molar-refractivity contribution in [2.45, 2.75) is 19.9 Å². The lowest BCUT2D eigenvalue weighted by Gasteiger charge is -2.11. The first kappa shape index (κ1) is 12.3. The molecule has 0 bridgehead atoms. The molecule has 1 N–H and O–H groups in total. The van der Waals surface area contributed by atoms with Gasteiger partial charge in [0.05, 0.1) is 17.8 Å². The lowest BCUT2D eigenvalue weighted by molar-refractivity contribution is 0.0931. The van der Waals surface area contributed by atoms with Crippen molar-refractivity contribution in [2.24, 2.45) is 0 Å². The molecule has 0 saturated heterocycles. The fraction of sp³-hybridized carbons (Fsp3) is 0.231. The molecular weight excluding hydrogens is 235 g/mol. The van der Waals surface area contributed by atoms with Crippen LogP contribution in [0.1, 0.15) is 34.8 Å². The number of nitrogens with zero attached hydrogens (tertiary/aromatic N) is 1. The van der Waals surface area contributed by atoms with Gasteiger partial charge >= 0.3 is 0 Å². The summed E-state index contributed by atoms with van der Waals surface area (Å²) in [6.45, 7) is 3.59. The van der Waals surface area contributed by atoms with E-state index in [0.29, 0.717) is 5.76 Å². The standard InChI is InChI=1S/C13H13FN2O2/c1-8-3-4-12(18-8)9(2)16-13(17)10-5-6-15-7-11(10)14/h3-7,9H,1-2H3,(H,16,17). The Morgan fingerprint density at radius 3 is 2.83 bits per heavy atom. The summed E-state index contributed by atoms with van der Waals surface area (Å²) in [7, 11) is 0. The third kappa shape index (κ3) is 2.56. The highest BCUT2D eigenvalue weighted by Gasteiger charge is 2.16. The van der Waals surface area contributed by atoms with Crippen molar-refractivity contribution in [2.75, 3.05) is 0 Å². The van der Waals surface area contributed by atoms with Crippen LogP contribution in [-0.4, -0.2) is 10.9 Å². The molecule has 0 aliphatic rings. The first-order valence-corrected chi connectivity index (χ1v) is 5.54. The third-order valence-electron chi connectivity index (χ3n) is 2.55. The fourth-order valence-corrected chi connectivity index (χ4v) is 1.59. The van der Waals surface area contributed by atoms with Gasteiger partial charge in [-0.1, -0.05) is 0 Å². The summed E-state index contributed by atoms with van der Waals surface area (Å²) in [6, 6.07) is 4.61. The molecule has 0 aliphatic heterocycles. The molecule has 1 atom stereocenters. The second-order valence-electron chi connectivity index (χ2n) is 4.00. The first-order valence-electron chi connectivity index (χ1n) is 5.54. The maximum absolute atomic E-state index is 13.4. The Morgan fingerprint density at radius 2 is 2.22 bits per heavy atom. The minimum absolute atomic E-state index is 0.0277. The minimum atomic E-state index is -0.641. The number of amides is 1. The van der Waals surface area contributed by atoms with Crippen LogP contribution in [-0.2, 0) is 0 Å². The van der Waals surface area contributed by atoms with Gasteiger partial charge in [-0.05, 0) is 32.0 Å². The summed E-state index contributed by atoms with van der Waals surface area (Å²) in [4.78, 5) is 15.4. The second-order valence-corrected chi connectivity index (χ2v) is 4.00. The van der Waals surface area contributed by atoms with Crippen molar-refractivity contribution >= 4 is 5.91 Å². The van der Waals surface area contributed by atoms with Crippen LogP contribution in [0.3, 0.4) is 0 Å². The van der Waals surface area contributed by atoms with Crippen LogP contribution in [0, 0.1) is 12.7 Å². The Bertz CT molecular complexity index is 566. The molecule has 0 aromatic carbocycles. The maximum Gasteiger partial charge on any atom is 0.254 e. The number of rotatable bonds is 3. The maximum atomic E-state index is 13.4. The van der Waals surface area contributed by atoms with E-state index in [1.807, 2.05) is 13.0 Å². The van der Waals surface area contributed by atoms with E-state index in [1.165, 1.54) is 12.3 Å². The number of furan rings is 1. The van der Waals surface area contributed by atoms with Crippen molar-refractivity contribution in [1.82, 2.24) is 10.3 Å². The summed E-state index contributed by atoms with van der Waals surface area (Å²) < 4.78 is 18.7. The highest BCUT2D eigenvalue weighted by molar-refractivity contribution is 5.94. The van der Waals surface area contributed by atoms with E-state index in [9.17, 15) is 9.18 Å². The Labute approximate surface area is 104 Å². The van der Waals surface area contributed by atoms with Gasteiger partial charge in [0.15, 0.2) is 5.82 Å².